The minimum absolute atomic E-state index is 0.179. The molecule has 3 N–H and O–H groups in total. The lowest BCUT2D eigenvalue weighted by molar-refractivity contribution is -0.130. The number of likely N-dealkylation sites (tertiary alicyclic amines) is 1. The van der Waals surface area contributed by atoms with Gasteiger partial charge in [0.2, 0.25) is 11.8 Å². The summed E-state index contributed by atoms with van der Waals surface area (Å²) < 4.78 is 0. The predicted octanol–water partition coefficient (Wildman–Crippen LogP) is 3.91. The molecule has 1 saturated carbocycles. The first-order valence-corrected chi connectivity index (χ1v) is 16.6. The largest absolute Gasteiger partial charge is 0.342 e. The van der Waals surface area contributed by atoms with Crippen molar-refractivity contribution in [2.45, 2.75) is 101 Å². The number of amides is 2. The van der Waals surface area contributed by atoms with Gasteiger partial charge in [0.25, 0.3) is 0 Å². The second kappa shape index (κ2) is 13.7. The van der Waals surface area contributed by atoms with Crippen LogP contribution in [0.3, 0.4) is 0 Å². The summed E-state index contributed by atoms with van der Waals surface area (Å²) in [6, 6.07) is 9.08. The first-order chi connectivity index (χ1) is 19.9. The summed E-state index contributed by atoms with van der Waals surface area (Å²) >= 11 is 6.11. The average Bonchev–Trinajstić information content (AvgIpc) is 3.46. The number of piperidine rings is 2. The van der Waals surface area contributed by atoms with Gasteiger partial charge in [0.1, 0.15) is 11.1 Å². The topological polar surface area (TPSA) is 80.0 Å². The number of halogens is 1. The van der Waals surface area contributed by atoms with E-state index < -0.39 is 0 Å². The number of nitrogens with zero attached hydrogens (tertiary/aromatic N) is 3. The lowest BCUT2D eigenvalue weighted by Crippen LogP contribution is -2.58. The maximum absolute atomic E-state index is 12.7. The summed E-state index contributed by atoms with van der Waals surface area (Å²) in [5, 5.41) is 10.2. The van der Waals surface area contributed by atoms with Gasteiger partial charge in [-0.25, -0.2) is 0 Å². The number of hydrogen-bond acceptors (Lipinski definition) is 6. The Morgan fingerprint density at radius 3 is 1.90 bits per heavy atom. The van der Waals surface area contributed by atoms with Crippen LogP contribution in [0.2, 0.25) is 5.02 Å². The van der Waals surface area contributed by atoms with Crippen molar-refractivity contribution in [3.8, 4) is 0 Å². The molecule has 0 radical (unpaired) electrons. The SMILES string of the molecule is CCCN1CNC(=O)C12CCN([C@@H]1CCCC[C@@H]1c1ccc(Cl)cc1)CC2.CCCN1CNC(=O)C12CCNCC2. The van der Waals surface area contributed by atoms with Gasteiger partial charge >= 0.3 is 0 Å². The second-order valence-corrected chi connectivity index (χ2v) is 13.2. The van der Waals surface area contributed by atoms with Crippen molar-refractivity contribution in [3.63, 3.8) is 0 Å². The first kappa shape index (κ1) is 30.7. The van der Waals surface area contributed by atoms with Crippen molar-refractivity contribution in [1.29, 1.82) is 0 Å². The molecule has 228 valence electrons. The number of rotatable bonds is 6. The van der Waals surface area contributed by atoms with E-state index in [-0.39, 0.29) is 22.9 Å². The van der Waals surface area contributed by atoms with Crippen molar-refractivity contribution < 1.29 is 9.59 Å². The minimum atomic E-state index is -0.253. The molecule has 0 unspecified atom stereocenters. The molecule has 2 spiro atoms. The quantitative estimate of drug-likeness (QED) is 0.469. The van der Waals surface area contributed by atoms with Crippen LogP contribution in [-0.4, -0.2) is 96.2 Å². The number of carbonyl (C=O) groups excluding carboxylic acids is 2. The Kier molecular flexibility index (Phi) is 10.3. The van der Waals surface area contributed by atoms with Gasteiger partial charge in [-0.05, 0) is 88.1 Å². The van der Waals surface area contributed by atoms with E-state index in [9.17, 15) is 9.59 Å². The van der Waals surface area contributed by atoms with E-state index in [2.05, 4.69) is 56.6 Å². The molecule has 4 saturated heterocycles. The summed E-state index contributed by atoms with van der Waals surface area (Å²) in [5.74, 6) is 1.09. The zero-order chi connectivity index (χ0) is 28.9. The van der Waals surface area contributed by atoms with Crippen LogP contribution in [0.4, 0.5) is 0 Å². The molecule has 0 bridgehead atoms. The fraction of sp³-hybridized carbons (Fsp3) is 0.750. The number of hydrogen-bond donors (Lipinski definition) is 3. The Bertz CT molecular complexity index is 1020. The molecule has 0 aromatic heterocycles. The van der Waals surface area contributed by atoms with E-state index >= 15 is 0 Å². The summed E-state index contributed by atoms with van der Waals surface area (Å²) in [4.78, 5) is 31.9. The molecule has 6 rings (SSSR count). The number of nitrogens with one attached hydrogen (secondary N) is 3. The lowest BCUT2D eigenvalue weighted by atomic mass is 9.77. The monoisotopic (exact) mass is 586 g/mol. The highest BCUT2D eigenvalue weighted by Gasteiger charge is 2.51. The normalized spacial score (nSPS) is 28.4. The van der Waals surface area contributed by atoms with Gasteiger partial charge in [-0.2, -0.15) is 0 Å². The van der Waals surface area contributed by atoms with Gasteiger partial charge in [0, 0.05) is 37.2 Å². The molecule has 1 aromatic carbocycles. The lowest BCUT2D eigenvalue weighted by Gasteiger charge is -2.47. The van der Waals surface area contributed by atoms with Crippen molar-refractivity contribution in [3.05, 3.63) is 34.9 Å². The summed E-state index contributed by atoms with van der Waals surface area (Å²) in [5.41, 5.74) is 0.994. The molecule has 2 atom stereocenters. The van der Waals surface area contributed by atoms with Crippen LogP contribution in [0.15, 0.2) is 24.3 Å². The third-order valence-electron chi connectivity index (χ3n) is 10.5. The summed E-state index contributed by atoms with van der Waals surface area (Å²) in [7, 11) is 0. The molecule has 41 heavy (non-hydrogen) atoms. The van der Waals surface area contributed by atoms with E-state index in [1.807, 2.05) is 12.1 Å². The van der Waals surface area contributed by atoms with Crippen LogP contribution >= 0.6 is 11.6 Å². The number of benzene rings is 1. The third kappa shape index (κ3) is 6.32. The van der Waals surface area contributed by atoms with Crippen LogP contribution in [0.1, 0.15) is 89.5 Å². The van der Waals surface area contributed by atoms with Crippen molar-refractivity contribution in [2.24, 2.45) is 0 Å². The molecule has 5 aliphatic rings. The van der Waals surface area contributed by atoms with Crippen molar-refractivity contribution in [1.82, 2.24) is 30.7 Å². The van der Waals surface area contributed by atoms with Crippen LogP contribution in [0, 0.1) is 0 Å². The zero-order valence-corrected chi connectivity index (χ0v) is 26.0. The van der Waals surface area contributed by atoms with E-state index in [4.69, 9.17) is 11.6 Å². The Morgan fingerprint density at radius 1 is 0.805 bits per heavy atom. The zero-order valence-electron chi connectivity index (χ0n) is 25.2. The molecule has 2 amide bonds. The van der Waals surface area contributed by atoms with Crippen molar-refractivity contribution in [2.75, 3.05) is 52.6 Å². The standard InChI is InChI=1S/C22H32ClN3O.C10H19N3O/c1-2-13-26-16-24-21(27)22(26)11-14-25(15-12-22)20-6-4-3-5-19(20)17-7-9-18(23)10-8-17;1-2-7-13-8-12-9(14)10(13)3-5-11-6-4-10/h7-10,19-20H,2-6,11-16H2,1H3,(H,24,27);11H,2-8H2,1H3,(H,12,14)/t19-,20-;/m1./s1. The fourth-order valence-corrected chi connectivity index (χ4v) is 8.31. The van der Waals surface area contributed by atoms with Crippen LogP contribution < -0.4 is 16.0 Å². The smallest absolute Gasteiger partial charge is 0.241 e. The maximum Gasteiger partial charge on any atom is 0.241 e. The molecule has 4 heterocycles. The Morgan fingerprint density at radius 2 is 1.34 bits per heavy atom. The fourth-order valence-electron chi connectivity index (χ4n) is 8.18. The Hall–Kier alpha value is -1.71. The molecule has 1 aliphatic carbocycles. The van der Waals surface area contributed by atoms with Gasteiger partial charge in [-0.1, -0.05) is 50.4 Å². The molecular formula is C32H51ClN6O2. The van der Waals surface area contributed by atoms with Gasteiger partial charge in [-0.3, -0.25) is 24.3 Å². The molecule has 1 aromatic rings. The summed E-state index contributed by atoms with van der Waals surface area (Å²) in [6.07, 6.45) is 11.2. The van der Waals surface area contributed by atoms with Gasteiger partial charge in [0.05, 0.1) is 13.3 Å². The predicted molar refractivity (Wildman–Crippen MR) is 165 cm³/mol. The van der Waals surface area contributed by atoms with Crippen LogP contribution in [0.25, 0.3) is 0 Å². The van der Waals surface area contributed by atoms with E-state index in [1.165, 1.54) is 31.2 Å². The van der Waals surface area contributed by atoms with E-state index in [0.717, 1.165) is 96.2 Å². The molecule has 8 nitrogen and oxygen atoms in total. The van der Waals surface area contributed by atoms with Crippen LogP contribution in [0.5, 0.6) is 0 Å². The molecule has 9 heteroatoms. The minimum Gasteiger partial charge on any atom is -0.342 e. The van der Waals surface area contributed by atoms with Gasteiger partial charge < -0.3 is 16.0 Å². The Labute approximate surface area is 251 Å². The first-order valence-electron chi connectivity index (χ1n) is 16.2. The molecule has 4 aliphatic heterocycles. The molecule has 5 fully saturated rings. The Balaban J connectivity index is 0.000000202. The second-order valence-electron chi connectivity index (χ2n) is 12.7. The van der Waals surface area contributed by atoms with Gasteiger partial charge in [-0.15, -0.1) is 0 Å². The average molecular weight is 587 g/mol. The van der Waals surface area contributed by atoms with E-state index in [0.29, 0.717) is 12.0 Å². The van der Waals surface area contributed by atoms with Crippen molar-refractivity contribution >= 4 is 23.4 Å². The maximum atomic E-state index is 12.7. The number of carbonyl (C=O) groups is 2. The van der Waals surface area contributed by atoms with Crippen LogP contribution in [-0.2, 0) is 9.59 Å². The highest BCUT2D eigenvalue weighted by molar-refractivity contribution is 6.30. The van der Waals surface area contributed by atoms with Gasteiger partial charge in [0.15, 0.2) is 0 Å². The highest BCUT2D eigenvalue weighted by atomic mass is 35.5. The highest BCUT2D eigenvalue weighted by Crippen LogP contribution is 2.40. The summed E-state index contributed by atoms with van der Waals surface area (Å²) in [6.45, 7) is 11.9. The molecular weight excluding hydrogens is 536 g/mol. The third-order valence-corrected chi connectivity index (χ3v) is 10.7. The van der Waals surface area contributed by atoms with E-state index in [1.54, 1.807) is 0 Å².